The Hall–Kier alpha value is -1.05. The number of ether oxygens (including phenoxy) is 1. The fraction of sp³-hybridized carbons (Fsp3) is 0.808. The Balaban J connectivity index is 2.09. The lowest BCUT2D eigenvalue weighted by molar-refractivity contribution is -0.163. The number of esters is 1. The molecule has 2 rings (SSSR count). The predicted octanol–water partition coefficient (Wildman–Crippen LogP) is 7.63. The van der Waals surface area contributed by atoms with Crippen LogP contribution in [0.3, 0.4) is 0 Å². The molecule has 2 atom stereocenters. The first-order valence-electron chi connectivity index (χ1n) is 11.7. The second-order valence-corrected chi connectivity index (χ2v) is 10.7. The van der Waals surface area contributed by atoms with Crippen LogP contribution in [0, 0.1) is 22.7 Å². The van der Waals surface area contributed by atoms with Crippen LogP contribution in [0.1, 0.15) is 106 Å². The fourth-order valence-corrected chi connectivity index (χ4v) is 4.69. The molecule has 0 N–H and O–H groups in total. The van der Waals surface area contributed by atoms with Gasteiger partial charge < -0.3 is 4.74 Å². The van der Waals surface area contributed by atoms with Crippen molar-refractivity contribution in [2.24, 2.45) is 22.7 Å². The van der Waals surface area contributed by atoms with Gasteiger partial charge in [-0.05, 0) is 67.3 Å². The molecule has 0 radical (unpaired) electrons. The van der Waals surface area contributed by atoms with Crippen LogP contribution in [0.4, 0.5) is 0 Å². The fourth-order valence-electron chi connectivity index (χ4n) is 4.69. The van der Waals surface area contributed by atoms with E-state index in [1.807, 2.05) is 0 Å². The van der Waals surface area contributed by atoms with E-state index < -0.39 is 0 Å². The lowest BCUT2D eigenvalue weighted by Crippen LogP contribution is -2.34. The monoisotopic (exact) mass is 388 g/mol. The molecule has 0 spiro atoms. The van der Waals surface area contributed by atoms with Gasteiger partial charge in [-0.25, -0.2) is 0 Å². The number of allylic oxidation sites excluding steroid dienone is 3. The van der Waals surface area contributed by atoms with Gasteiger partial charge >= 0.3 is 5.97 Å². The first-order valence-corrected chi connectivity index (χ1v) is 11.7. The van der Waals surface area contributed by atoms with Gasteiger partial charge in [-0.1, -0.05) is 79.5 Å². The van der Waals surface area contributed by atoms with Crippen molar-refractivity contribution >= 4 is 5.97 Å². The van der Waals surface area contributed by atoms with Crippen LogP contribution in [0.25, 0.3) is 0 Å². The minimum absolute atomic E-state index is 0.0181. The Morgan fingerprint density at radius 2 is 1.79 bits per heavy atom. The smallest absolute Gasteiger partial charge is 0.313 e. The summed E-state index contributed by atoms with van der Waals surface area (Å²) in [6.45, 7) is 16.3. The summed E-state index contributed by atoms with van der Waals surface area (Å²) in [6, 6.07) is 0. The average molecular weight is 389 g/mol. The zero-order chi connectivity index (χ0) is 21.0. The molecule has 2 aliphatic carbocycles. The third-order valence-electron chi connectivity index (χ3n) is 7.88. The largest absolute Gasteiger partial charge is 0.459 e. The molecular formula is C26H44O2. The van der Waals surface area contributed by atoms with Gasteiger partial charge in [0.15, 0.2) is 0 Å². The molecule has 0 aromatic heterocycles. The third kappa shape index (κ3) is 5.51. The van der Waals surface area contributed by atoms with E-state index >= 15 is 0 Å². The van der Waals surface area contributed by atoms with Crippen molar-refractivity contribution in [3.63, 3.8) is 0 Å². The van der Waals surface area contributed by atoms with E-state index in [0.717, 1.165) is 32.1 Å². The van der Waals surface area contributed by atoms with E-state index in [-0.39, 0.29) is 22.9 Å². The van der Waals surface area contributed by atoms with Crippen molar-refractivity contribution < 1.29 is 9.53 Å². The molecule has 0 heterocycles. The van der Waals surface area contributed by atoms with Gasteiger partial charge in [0.2, 0.25) is 0 Å². The van der Waals surface area contributed by atoms with Gasteiger partial charge in [-0.3, -0.25) is 4.79 Å². The molecule has 160 valence electrons. The second-order valence-electron chi connectivity index (χ2n) is 10.7. The lowest BCUT2D eigenvalue weighted by atomic mass is 9.65. The van der Waals surface area contributed by atoms with Crippen LogP contribution < -0.4 is 0 Å². The van der Waals surface area contributed by atoms with Gasteiger partial charge in [-0.2, -0.15) is 0 Å². The Bertz CT molecular complexity index is 588. The molecule has 0 bridgehead atoms. The molecule has 2 aliphatic rings. The van der Waals surface area contributed by atoms with Crippen molar-refractivity contribution in [1.82, 2.24) is 0 Å². The molecule has 2 nitrogen and oxygen atoms in total. The summed E-state index contributed by atoms with van der Waals surface area (Å²) in [5.74, 6) is 0.394. The Labute approximate surface area is 174 Å². The summed E-state index contributed by atoms with van der Waals surface area (Å²) < 4.78 is 6.05. The summed E-state index contributed by atoms with van der Waals surface area (Å²) in [6.07, 6.45) is 16.4. The van der Waals surface area contributed by atoms with E-state index in [2.05, 4.69) is 66.7 Å². The molecule has 0 saturated heterocycles. The molecule has 0 amide bonds. The molecule has 2 unspecified atom stereocenters. The second kappa shape index (κ2) is 9.18. The van der Waals surface area contributed by atoms with Crippen LogP contribution in [0.5, 0.6) is 0 Å². The van der Waals surface area contributed by atoms with E-state index in [4.69, 9.17) is 4.74 Å². The van der Waals surface area contributed by atoms with Crippen molar-refractivity contribution in [2.45, 2.75) is 112 Å². The van der Waals surface area contributed by atoms with E-state index in [0.29, 0.717) is 11.3 Å². The summed E-state index contributed by atoms with van der Waals surface area (Å²) in [5.41, 5.74) is 1.82. The van der Waals surface area contributed by atoms with Crippen molar-refractivity contribution in [1.29, 1.82) is 0 Å². The van der Waals surface area contributed by atoms with Crippen LogP contribution in [-0.2, 0) is 9.53 Å². The zero-order valence-corrected chi connectivity index (χ0v) is 19.6. The first-order chi connectivity index (χ1) is 13.1. The average Bonchev–Trinajstić information content (AvgIpc) is 3.15. The number of rotatable bonds is 9. The summed E-state index contributed by atoms with van der Waals surface area (Å²) >= 11 is 0. The molecule has 1 saturated carbocycles. The van der Waals surface area contributed by atoms with Crippen LogP contribution >= 0.6 is 0 Å². The van der Waals surface area contributed by atoms with Gasteiger partial charge in [0.25, 0.3) is 0 Å². The van der Waals surface area contributed by atoms with Gasteiger partial charge in [-0.15, -0.1) is 0 Å². The molecule has 28 heavy (non-hydrogen) atoms. The molecule has 1 fully saturated rings. The maximum Gasteiger partial charge on any atom is 0.313 e. The van der Waals surface area contributed by atoms with E-state index in [1.54, 1.807) is 0 Å². The maximum atomic E-state index is 12.8. The van der Waals surface area contributed by atoms with Gasteiger partial charge in [0.05, 0.1) is 5.92 Å². The number of carbonyl (C=O) groups excluding carboxylic acids is 1. The summed E-state index contributed by atoms with van der Waals surface area (Å²) in [4.78, 5) is 12.8. The Morgan fingerprint density at radius 1 is 1.14 bits per heavy atom. The minimum Gasteiger partial charge on any atom is -0.459 e. The lowest BCUT2D eigenvalue weighted by Gasteiger charge is -2.40. The highest BCUT2D eigenvalue weighted by atomic mass is 16.6. The third-order valence-corrected chi connectivity index (χ3v) is 7.88. The Morgan fingerprint density at radius 3 is 2.25 bits per heavy atom. The highest BCUT2D eigenvalue weighted by molar-refractivity contribution is 5.76. The van der Waals surface area contributed by atoms with Crippen LogP contribution in [-0.4, -0.2) is 11.6 Å². The van der Waals surface area contributed by atoms with E-state index in [9.17, 15) is 4.79 Å². The van der Waals surface area contributed by atoms with Crippen LogP contribution in [0.2, 0.25) is 0 Å². The summed E-state index contributed by atoms with van der Waals surface area (Å²) in [5, 5.41) is 0. The molecular weight excluding hydrogens is 344 g/mol. The maximum absolute atomic E-state index is 12.8. The topological polar surface area (TPSA) is 26.3 Å². The summed E-state index contributed by atoms with van der Waals surface area (Å²) in [7, 11) is 0. The van der Waals surface area contributed by atoms with E-state index in [1.165, 1.54) is 31.3 Å². The van der Waals surface area contributed by atoms with Crippen LogP contribution in [0.15, 0.2) is 23.8 Å². The van der Waals surface area contributed by atoms with Crippen molar-refractivity contribution in [3.05, 3.63) is 23.8 Å². The molecule has 2 heteroatoms. The van der Waals surface area contributed by atoms with Crippen molar-refractivity contribution in [3.8, 4) is 0 Å². The molecule has 0 aromatic carbocycles. The van der Waals surface area contributed by atoms with Gasteiger partial charge in [0, 0.05) is 0 Å². The number of hydrogen-bond donors (Lipinski definition) is 0. The highest BCUT2D eigenvalue weighted by Crippen LogP contribution is 2.45. The highest BCUT2D eigenvalue weighted by Gasteiger charge is 2.38. The number of hydrogen-bond acceptors (Lipinski definition) is 2. The normalized spacial score (nSPS) is 23.4. The Kier molecular flexibility index (Phi) is 7.62. The molecule has 0 aliphatic heterocycles. The first kappa shape index (κ1) is 23.2. The predicted molar refractivity (Wildman–Crippen MR) is 119 cm³/mol. The zero-order valence-electron chi connectivity index (χ0n) is 19.6. The molecule has 0 aromatic rings. The quantitative estimate of drug-likeness (QED) is 0.379. The minimum atomic E-state index is -0.188. The van der Waals surface area contributed by atoms with Crippen molar-refractivity contribution in [2.75, 3.05) is 0 Å². The number of carbonyl (C=O) groups is 1. The standard InChI is InChI=1S/C26H44O2/c1-8-24(4,5)19-22(25(6,7)9-2)20-13-15-21(16-14-20)23(27)28-26(10-3)17-11-12-18-26/h13-15,21-22H,8-12,16-19H2,1-7H3. The van der Waals surface area contributed by atoms with Gasteiger partial charge in [0.1, 0.15) is 5.60 Å². The SMILES string of the molecule is CCC(C)(C)CC(C1=CCC(C(=O)OC2(CC)CCCC2)C=C1)C(C)(C)CC.